The van der Waals surface area contributed by atoms with Gasteiger partial charge in [0.25, 0.3) is 0 Å². The van der Waals surface area contributed by atoms with Crippen molar-refractivity contribution in [3.63, 3.8) is 0 Å². The molecule has 0 atom stereocenters. The summed E-state index contributed by atoms with van der Waals surface area (Å²) in [6.07, 6.45) is 1.54. The summed E-state index contributed by atoms with van der Waals surface area (Å²) in [5.41, 5.74) is 6.21. The van der Waals surface area contributed by atoms with Crippen molar-refractivity contribution in [2.45, 2.75) is 26.7 Å². The molecular weight excluding hydrogens is 482 g/mol. The predicted octanol–water partition coefficient (Wildman–Crippen LogP) is 6.49. The van der Waals surface area contributed by atoms with E-state index >= 15 is 0 Å². The molecular formula is C26H28BrN3O3. The molecule has 0 bridgehead atoms. The minimum Gasteiger partial charge on any atom is -0.490 e. The fraction of sp³-hybridized carbons (Fsp3) is 0.231. The molecule has 0 aliphatic carbocycles. The summed E-state index contributed by atoms with van der Waals surface area (Å²) >= 11 is 3.46. The maximum absolute atomic E-state index is 12.0. The van der Waals surface area contributed by atoms with E-state index in [1.54, 1.807) is 18.3 Å². The van der Waals surface area contributed by atoms with Gasteiger partial charge < -0.3 is 14.8 Å². The summed E-state index contributed by atoms with van der Waals surface area (Å²) in [6.45, 7) is 7.13. The number of hydrazone groups is 1. The normalized spacial score (nSPS) is 10.9. The maximum atomic E-state index is 12.0. The number of para-hydroxylation sites is 1. The number of benzene rings is 3. The van der Waals surface area contributed by atoms with Gasteiger partial charge in [0, 0.05) is 15.7 Å². The summed E-state index contributed by atoms with van der Waals surface area (Å²) in [5, 5.41) is 6.74. The van der Waals surface area contributed by atoms with Gasteiger partial charge in [-0.15, -0.1) is 0 Å². The fourth-order valence-electron chi connectivity index (χ4n) is 3.14. The summed E-state index contributed by atoms with van der Waals surface area (Å²) in [5.74, 6) is 1.91. The molecule has 0 aliphatic heterocycles. The van der Waals surface area contributed by atoms with E-state index < -0.39 is 6.03 Å². The number of carbonyl (C=O) groups is 1. The van der Waals surface area contributed by atoms with E-state index in [0.29, 0.717) is 30.6 Å². The van der Waals surface area contributed by atoms with E-state index in [-0.39, 0.29) is 0 Å². The summed E-state index contributed by atoms with van der Waals surface area (Å²) in [6, 6.07) is 20.6. The number of ether oxygens (including phenoxy) is 2. The molecule has 0 spiro atoms. The van der Waals surface area contributed by atoms with Gasteiger partial charge in [0.15, 0.2) is 0 Å². The number of nitrogens with zero attached hydrogens (tertiary/aromatic N) is 1. The zero-order valence-corrected chi connectivity index (χ0v) is 20.6. The van der Waals surface area contributed by atoms with Gasteiger partial charge in [-0.3, -0.25) is 0 Å². The average Bonchev–Trinajstić information content (AvgIpc) is 2.78. The van der Waals surface area contributed by atoms with Crippen LogP contribution in [-0.4, -0.2) is 25.5 Å². The first-order chi connectivity index (χ1) is 15.9. The van der Waals surface area contributed by atoms with Crippen LogP contribution in [0.4, 0.5) is 10.5 Å². The van der Waals surface area contributed by atoms with E-state index in [1.165, 1.54) is 5.56 Å². The van der Waals surface area contributed by atoms with Gasteiger partial charge in [-0.25, -0.2) is 10.2 Å². The standard InChI is InChI=1S/C26H28BrN3O3/c1-18(2)23-11-9-19(3)15-25(23)33-14-13-32-24-12-10-21(27)16-20(24)17-28-30-26(31)29-22-7-5-4-6-8-22/h4-12,15-18H,13-14H2,1-3H3,(H2,29,30,31)/b28-17+. The Labute approximate surface area is 203 Å². The van der Waals surface area contributed by atoms with E-state index in [4.69, 9.17) is 9.47 Å². The van der Waals surface area contributed by atoms with Gasteiger partial charge in [0.1, 0.15) is 24.7 Å². The molecule has 0 saturated heterocycles. The molecule has 7 heteroatoms. The highest BCUT2D eigenvalue weighted by Crippen LogP contribution is 2.27. The Kier molecular flexibility index (Phi) is 8.89. The lowest BCUT2D eigenvalue weighted by molar-refractivity contribution is 0.215. The molecule has 0 unspecified atom stereocenters. The van der Waals surface area contributed by atoms with Crippen LogP contribution >= 0.6 is 15.9 Å². The zero-order chi connectivity index (χ0) is 23.6. The topological polar surface area (TPSA) is 72.0 Å². The number of hydrogen-bond donors (Lipinski definition) is 2. The third-order valence-electron chi connectivity index (χ3n) is 4.76. The van der Waals surface area contributed by atoms with Crippen LogP contribution in [0.1, 0.15) is 36.5 Å². The van der Waals surface area contributed by atoms with Crippen LogP contribution in [-0.2, 0) is 0 Å². The lowest BCUT2D eigenvalue weighted by Crippen LogP contribution is -2.24. The number of rotatable bonds is 9. The highest BCUT2D eigenvalue weighted by atomic mass is 79.9. The second-order valence-corrected chi connectivity index (χ2v) is 8.68. The van der Waals surface area contributed by atoms with Crippen molar-refractivity contribution in [3.8, 4) is 11.5 Å². The Balaban J connectivity index is 1.56. The van der Waals surface area contributed by atoms with Gasteiger partial charge in [-0.2, -0.15) is 5.10 Å². The molecule has 0 aliphatic rings. The summed E-state index contributed by atoms with van der Waals surface area (Å²) in [7, 11) is 0. The highest BCUT2D eigenvalue weighted by molar-refractivity contribution is 9.10. The summed E-state index contributed by atoms with van der Waals surface area (Å²) < 4.78 is 12.8. The lowest BCUT2D eigenvalue weighted by atomic mass is 10.0. The molecule has 0 heterocycles. The van der Waals surface area contributed by atoms with Crippen LogP contribution in [0, 0.1) is 6.92 Å². The van der Waals surface area contributed by atoms with Gasteiger partial charge in [0.2, 0.25) is 0 Å². The van der Waals surface area contributed by atoms with Gasteiger partial charge in [-0.1, -0.05) is 60.1 Å². The molecule has 3 aromatic rings. The Morgan fingerprint density at radius 1 is 1.00 bits per heavy atom. The van der Waals surface area contributed by atoms with Gasteiger partial charge >= 0.3 is 6.03 Å². The predicted molar refractivity (Wildman–Crippen MR) is 137 cm³/mol. The Morgan fingerprint density at radius 3 is 2.45 bits per heavy atom. The smallest absolute Gasteiger partial charge is 0.339 e. The van der Waals surface area contributed by atoms with E-state index in [1.807, 2.05) is 36.4 Å². The number of urea groups is 1. The molecule has 0 saturated carbocycles. The fourth-order valence-corrected chi connectivity index (χ4v) is 3.52. The molecule has 172 valence electrons. The van der Waals surface area contributed by atoms with Crippen LogP contribution in [0.3, 0.4) is 0 Å². The molecule has 3 rings (SSSR count). The minimum atomic E-state index is -0.428. The monoisotopic (exact) mass is 509 g/mol. The molecule has 0 radical (unpaired) electrons. The Hall–Kier alpha value is -3.32. The Morgan fingerprint density at radius 2 is 1.73 bits per heavy atom. The second kappa shape index (κ2) is 12.1. The first-order valence-corrected chi connectivity index (χ1v) is 11.5. The second-order valence-electron chi connectivity index (χ2n) is 7.77. The number of amides is 2. The molecule has 0 aromatic heterocycles. The van der Waals surface area contributed by atoms with Crippen molar-refractivity contribution in [1.82, 2.24) is 5.43 Å². The first-order valence-electron chi connectivity index (χ1n) is 10.7. The number of halogens is 1. The van der Waals surface area contributed by atoms with E-state index in [0.717, 1.165) is 21.3 Å². The molecule has 2 N–H and O–H groups in total. The van der Waals surface area contributed by atoms with Gasteiger partial charge in [-0.05, 0) is 60.4 Å². The first kappa shape index (κ1) is 24.3. The number of hydrogen-bond acceptors (Lipinski definition) is 4. The van der Waals surface area contributed by atoms with Crippen molar-refractivity contribution < 1.29 is 14.3 Å². The van der Waals surface area contributed by atoms with Crippen LogP contribution in [0.25, 0.3) is 0 Å². The van der Waals surface area contributed by atoms with Crippen molar-refractivity contribution >= 4 is 33.9 Å². The molecule has 2 amide bonds. The molecule has 3 aromatic carbocycles. The summed E-state index contributed by atoms with van der Waals surface area (Å²) in [4.78, 5) is 12.0. The number of carbonyl (C=O) groups excluding carboxylic acids is 1. The van der Waals surface area contributed by atoms with Crippen molar-refractivity contribution in [2.75, 3.05) is 18.5 Å². The van der Waals surface area contributed by atoms with Crippen molar-refractivity contribution in [2.24, 2.45) is 5.10 Å². The number of anilines is 1. The Bertz CT molecular complexity index is 1100. The number of aryl methyl sites for hydroxylation is 1. The van der Waals surface area contributed by atoms with Crippen molar-refractivity contribution in [1.29, 1.82) is 0 Å². The molecule has 0 fully saturated rings. The van der Waals surface area contributed by atoms with Gasteiger partial charge in [0.05, 0.1) is 6.21 Å². The van der Waals surface area contributed by atoms with Crippen molar-refractivity contribution in [3.05, 3.63) is 87.9 Å². The maximum Gasteiger partial charge on any atom is 0.339 e. The lowest BCUT2D eigenvalue weighted by Gasteiger charge is -2.15. The third-order valence-corrected chi connectivity index (χ3v) is 5.26. The van der Waals surface area contributed by atoms with Crippen LogP contribution in [0.2, 0.25) is 0 Å². The average molecular weight is 510 g/mol. The van der Waals surface area contributed by atoms with Crippen LogP contribution < -0.4 is 20.2 Å². The molecule has 6 nitrogen and oxygen atoms in total. The van der Waals surface area contributed by atoms with Crippen LogP contribution in [0.5, 0.6) is 11.5 Å². The molecule has 33 heavy (non-hydrogen) atoms. The SMILES string of the molecule is Cc1ccc(C(C)C)c(OCCOc2ccc(Br)cc2/C=N/NC(=O)Nc2ccccc2)c1. The highest BCUT2D eigenvalue weighted by Gasteiger charge is 2.09. The quantitative estimate of drug-likeness (QED) is 0.196. The largest absolute Gasteiger partial charge is 0.490 e. The van der Waals surface area contributed by atoms with E-state index in [9.17, 15) is 4.79 Å². The number of nitrogens with one attached hydrogen (secondary N) is 2. The minimum absolute atomic E-state index is 0.371. The van der Waals surface area contributed by atoms with E-state index in [2.05, 4.69) is 70.7 Å². The van der Waals surface area contributed by atoms with Crippen LogP contribution in [0.15, 0.2) is 76.3 Å². The zero-order valence-electron chi connectivity index (χ0n) is 19.0. The third kappa shape index (κ3) is 7.64.